The Kier molecular flexibility index (Phi) is 5.63. The molecule has 1 aromatic heterocycles. The third-order valence-electron chi connectivity index (χ3n) is 3.57. The first-order valence-electron chi connectivity index (χ1n) is 7.44. The zero-order valence-electron chi connectivity index (χ0n) is 13.0. The summed E-state index contributed by atoms with van der Waals surface area (Å²) >= 11 is 0. The fourth-order valence-corrected chi connectivity index (χ4v) is 2.29. The molecule has 0 unspecified atom stereocenters. The first-order chi connectivity index (χ1) is 10.7. The Morgan fingerprint density at radius 2 is 2.23 bits per heavy atom. The maximum atomic E-state index is 11.9. The monoisotopic (exact) mass is 307 g/mol. The Morgan fingerprint density at radius 1 is 1.41 bits per heavy atom. The summed E-state index contributed by atoms with van der Waals surface area (Å²) in [6.45, 7) is 3.53. The van der Waals surface area contributed by atoms with E-state index in [0.717, 1.165) is 24.0 Å². The Bertz CT molecular complexity index is 561. The molecule has 0 fully saturated rings. The fraction of sp³-hybridized carbons (Fsp3) is 0.500. The van der Waals surface area contributed by atoms with Gasteiger partial charge in [0.1, 0.15) is 0 Å². The number of rotatable bonds is 5. The average molecular weight is 307 g/mol. The minimum Gasteiger partial charge on any atom is -0.463 e. The lowest BCUT2D eigenvalue weighted by Gasteiger charge is -2.25. The van der Waals surface area contributed by atoms with E-state index < -0.39 is 5.97 Å². The Hall–Kier alpha value is -2.24. The molecule has 0 spiro atoms. The van der Waals surface area contributed by atoms with Gasteiger partial charge < -0.3 is 18.8 Å². The smallest absolute Gasteiger partial charge is 0.410 e. The second kappa shape index (κ2) is 7.68. The van der Waals surface area contributed by atoms with Gasteiger partial charge in [0.15, 0.2) is 0 Å². The minimum absolute atomic E-state index is 0.202. The van der Waals surface area contributed by atoms with Gasteiger partial charge in [-0.25, -0.2) is 9.59 Å². The molecule has 0 aliphatic carbocycles. The van der Waals surface area contributed by atoms with Crippen molar-refractivity contribution in [1.29, 1.82) is 0 Å². The quantitative estimate of drug-likeness (QED) is 0.617. The highest BCUT2D eigenvalue weighted by Gasteiger charge is 2.23. The van der Waals surface area contributed by atoms with Crippen molar-refractivity contribution in [3.8, 4) is 0 Å². The van der Waals surface area contributed by atoms with E-state index in [1.807, 2.05) is 13.0 Å². The summed E-state index contributed by atoms with van der Waals surface area (Å²) in [7, 11) is 1.32. The molecule has 2 heterocycles. The molecular formula is C16H21NO5. The zero-order chi connectivity index (χ0) is 15.9. The SMILES string of the molecule is CCCCOC(=O)N1CC=C(c2ccoc2C(=O)OC)CC1. The lowest BCUT2D eigenvalue weighted by molar-refractivity contribution is 0.0564. The van der Waals surface area contributed by atoms with Crippen molar-refractivity contribution in [1.82, 2.24) is 4.90 Å². The normalized spacial score (nSPS) is 14.5. The second-order valence-electron chi connectivity index (χ2n) is 5.05. The van der Waals surface area contributed by atoms with Crippen molar-refractivity contribution in [3.05, 3.63) is 29.7 Å². The van der Waals surface area contributed by atoms with Crippen molar-refractivity contribution in [2.45, 2.75) is 26.2 Å². The molecule has 120 valence electrons. The van der Waals surface area contributed by atoms with Crippen LogP contribution in [0.3, 0.4) is 0 Å². The lowest BCUT2D eigenvalue weighted by Crippen LogP contribution is -2.35. The fourth-order valence-electron chi connectivity index (χ4n) is 2.29. The molecule has 1 aromatic rings. The summed E-state index contributed by atoms with van der Waals surface area (Å²) in [6.07, 6.45) is 5.61. The van der Waals surface area contributed by atoms with Gasteiger partial charge in [0, 0.05) is 18.7 Å². The molecule has 0 saturated heterocycles. The highest BCUT2D eigenvalue weighted by atomic mass is 16.6. The molecule has 1 aliphatic heterocycles. The number of ether oxygens (including phenoxy) is 2. The van der Waals surface area contributed by atoms with Gasteiger partial charge in [-0.1, -0.05) is 19.4 Å². The van der Waals surface area contributed by atoms with E-state index in [0.29, 0.717) is 26.1 Å². The number of hydrogen-bond donors (Lipinski definition) is 0. The number of methoxy groups -OCH3 is 1. The van der Waals surface area contributed by atoms with E-state index in [1.165, 1.54) is 13.4 Å². The van der Waals surface area contributed by atoms with Gasteiger partial charge in [-0.2, -0.15) is 0 Å². The number of amides is 1. The highest BCUT2D eigenvalue weighted by Crippen LogP contribution is 2.27. The molecule has 1 amide bonds. The molecular weight excluding hydrogens is 286 g/mol. The number of nitrogens with zero attached hydrogens (tertiary/aromatic N) is 1. The second-order valence-corrected chi connectivity index (χ2v) is 5.05. The maximum Gasteiger partial charge on any atom is 0.410 e. The summed E-state index contributed by atoms with van der Waals surface area (Å²) in [5.41, 5.74) is 1.71. The first kappa shape index (κ1) is 16.1. The van der Waals surface area contributed by atoms with Crippen LogP contribution in [0.2, 0.25) is 0 Å². The van der Waals surface area contributed by atoms with E-state index in [-0.39, 0.29) is 11.9 Å². The first-order valence-corrected chi connectivity index (χ1v) is 7.44. The van der Waals surface area contributed by atoms with Crippen LogP contribution in [0.25, 0.3) is 5.57 Å². The van der Waals surface area contributed by atoms with Gasteiger partial charge in [-0.3, -0.25) is 0 Å². The summed E-state index contributed by atoms with van der Waals surface area (Å²) in [5, 5.41) is 0. The average Bonchev–Trinajstić information content (AvgIpc) is 3.04. The van der Waals surface area contributed by atoms with Crippen LogP contribution >= 0.6 is 0 Å². The third kappa shape index (κ3) is 3.69. The van der Waals surface area contributed by atoms with Crippen LogP contribution in [0.1, 0.15) is 42.3 Å². The predicted molar refractivity (Wildman–Crippen MR) is 80.5 cm³/mol. The molecule has 0 aromatic carbocycles. The van der Waals surface area contributed by atoms with Crippen molar-refractivity contribution < 1.29 is 23.5 Å². The van der Waals surface area contributed by atoms with Crippen LogP contribution < -0.4 is 0 Å². The van der Waals surface area contributed by atoms with Crippen LogP contribution in [0.4, 0.5) is 4.79 Å². The van der Waals surface area contributed by atoms with Gasteiger partial charge in [-0.15, -0.1) is 0 Å². The Labute approximate surface area is 129 Å². The summed E-state index contributed by atoms with van der Waals surface area (Å²) < 4.78 is 15.1. The third-order valence-corrected chi connectivity index (χ3v) is 3.57. The van der Waals surface area contributed by atoms with Gasteiger partial charge in [0.2, 0.25) is 5.76 Å². The standard InChI is InChI=1S/C16H21NO5/c1-3-4-10-22-16(19)17-8-5-12(6-9-17)13-7-11-21-14(13)15(18)20-2/h5,7,11H,3-4,6,8-10H2,1-2H3. The van der Waals surface area contributed by atoms with Gasteiger partial charge in [0.05, 0.1) is 20.0 Å². The predicted octanol–water partition coefficient (Wildman–Crippen LogP) is 3.09. The number of carbonyl (C=O) groups excluding carboxylic acids is 2. The number of hydrogen-bond acceptors (Lipinski definition) is 5. The van der Waals surface area contributed by atoms with Crippen molar-refractivity contribution in [3.63, 3.8) is 0 Å². The maximum absolute atomic E-state index is 11.9. The molecule has 0 N–H and O–H groups in total. The summed E-state index contributed by atoms with van der Waals surface area (Å²) in [4.78, 5) is 25.1. The van der Waals surface area contributed by atoms with Crippen LogP contribution in [-0.2, 0) is 9.47 Å². The van der Waals surface area contributed by atoms with Gasteiger partial charge in [-0.05, 0) is 24.5 Å². The number of carbonyl (C=O) groups is 2. The lowest BCUT2D eigenvalue weighted by atomic mass is 10.00. The summed E-state index contributed by atoms with van der Waals surface area (Å²) in [6, 6.07) is 1.74. The molecule has 22 heavy (non-hydrogen) atoms. The Balaban J connectivity index is 1.98. The van der Waals surface area contributed by atoms with E-state index in [1.54, 1.807) is 11.0 Å². The number of esters is 1. The largest absolute Gasteiger partial charge is 0.463 e. The van der Waals surface area contributed by atoms with Gasteiger partial charge >= 0.3 is 12.1 Å². The topological polar surface area (TPSA) is 69.0 Å². The molecule has 0 saturated carbocycles. The van der Waals surface area contributed by atoms with Crippen LogP contribution in [0.15, 0.2) is 22.8 Å². The summed E-state index contributed by atoms with van der Waals surface area (Å²) in [5.74, 6) is -0.296. The molecule has 0 bridgehead atoms. The van der Waals surface area contributed by atoms with E-state index >= 15 is 0 Å². The molecule has 0 radical (unpaired) electrons. The minimum atomic E-state index is -0.498. The van der Waals surface area contributed by atoms with Crippen LogP contribution in [-0.4, -0.2) is 43.8 Å². The number of furan rings is 1. The van der Waals surface area contributed by atoms with E-state index in [4.69, 9.17) is 13.9 Å². The molecule has 2 rings (SSSR count). The molecule has 0 atom stereocenters. The van der Waals surface area contributed by atoms with Crippen molar-refractivity contribution >= 4 is 17.6 Å². The van der Waals surface area contributed by atoms with Crippen LogP contribution in [0.5, 0.6) is 0 Å². The van der Waals surface area contributed by atoms with E-state index in [9.17, 15) is 9.59 Å². The van der Waals surface area contributed by atoms with Crippen molar-refractivity contribution in [2.24, 2.45) is 0 Å². The molecule has 1 aliphatic rings. The van der Waals surface area contributed by atoms with E-state index in [2.05, 4.69) is 0 Å². The zero-order valence-corrected chi connectivity index (χ0v) is 13.0. The van der Waals surface area contributed by atoms with Gasteiger partial charge in [0.25, 0.3) is 0 Å². The number of unbranched alkanes of at least 4 members (excludes halogenated alkanes) is 1. The Morgan fingerprint density at radius 3 is 2.86 bits per heavy atom. The molecule has 6 nitrogen and oxygen atoms in total. The van der Waals surface area contributed by atoms with Crippen LogP contribution in [0, 0.1) is 0 Å². The highest BCUT2D eigenvalue weighted by molar-refractivity contribution is 5.92. The molecule has 6 heteroatoms. The van der Waals surface area contributed by atoms with Crippen molar-refractivity contribution in [2.75, 3.05) is 26.8 Å².